The molecule has 2 N–H and O–H groups in total. The number of halogens is 2. The molecule has 0 aliphatic carbocycles. The highest BCUT2D eigenvalue weighted by Crippen LogP contribution is 2.32. The number of hydrogen-bond donors (Lipinski definition) is 1. The minimum Gasteiger partial charge on any atom is -0.492 e. The van der Waals surface area contributed by atoms with Gasteiger partial charge in [-0.25, -0.2) is 8.42 Å². The molecule has 0 fully saturated rings. The van der Waals surface area contributed by atoms with Gasteiger partial charge >= 0.3 is 0 Å². The first-order valence-electron chi connectivity index (χ1n) is 5.32. The number of ether oxygens (including phenoxy) is 1. The molecule has 7 heteroatoms. The van der Waals surface area contributed by atoms with Crippen molar-refractivity contribution < 1.29 is 13.2 Å². The average molecular weight is 312 g/mol. The molecule has 102 valence electrons. The summed E-state index contributed by atoms with van der Waals surface area (Å²) in [4.78, 5) is 0. The highest BCUT2D eigenvalue weighted by Gasteiger charge is 2.10. The van der Waals surface area contributed by atoms with Crippen molar-refractivity contribution in [2.75, 3.05) is 18.6 Å². The fourth-order valence-corrected chi connectivity index (χ4v) is 2.65. The van der Waals surface area contributed by atoms with Gasteiger partial charge in [0.05, 0.1) is 17.4 Å². The lowest BCUT2D eigenvalue weighted by Gasteiger charge is -2.12. The van der Waals surface area contributed by atoms with Crippen molar-refractivity contribution in [1.82, 2.24) is 0 Å². The summed E-state index contributed by atoms with van der Waals surface area (Å²) in [6, 6.07) is 3.24. The Morgan fingerprint density at radius 1 is 1.33 bits per heavy atom. The van der Waals surface area contributed by atoms with Crippen LogP contribution in [0.15, 0.2) is 12.1 Å². The average Bonchev–Trinajstić information content (AvgIpc) is 2.24. The van der Waals surface area contributed by atoms with Crippen LogP contribution in [0.3, 0.4) is 0 Å². The maximum Gasteiger partial charge on any atom is 0.147 e. The van der Waals surface area contributed by atoms with E-state index in [-0.39, 0.29) is 18.9 Å². The number of benzene rings is 1. The van der Waals surface area contributed by atoms with Crippen molar-refractivity contribution >= 4 is 33.0 Å². The molecule has 1 aromatic carbocycles. The molecular weight excluding hydrogens is 297 g/mol. The van der Waals surface area contributed by atoms with Crippen LogP contribution >= 0.6 is 23.2 Å². The lowest BCUT2D eigenvalue weighted by molar-refractivity contribution is 0.315. The fraction of sp³-hybridized carbons (Fsp3) is 0.455. The summed E-state index contributed by atoms with van der Waals surface area (Å²) < 4.78 is 27.4. The Balaban J connectivity index is 2.67. The predicted molar refractivity (Wildman–Crippen MR) is 74.2 cm³/mol. The summed E-state index contributed by atoms with van der Waals surface area (Å²) in [6.45, 7) is 0.517. The predicted octanol–water partition coefficient (Wildman–Crippen LogP) is 2.27. The molecule has 0 saturated heterocycles. The second kappa shape index (κ2) is 6.61. The molecule has 0 spiro atoms. The molecule has 0 bridgehead atoms. The van der Waals surface area contributed by atoms with E-state index in [1.54, 1.807) is 12.1 Å². The van der Waals surface area contributed by atoms with E-state index in [0.29, 0.717) is 27.8 Å². The summed E-state index contributed by atoms with van der Waals surface area (Å²) in [7, 11) is -2.97. The van der Waals surface area contributed by atoms with Crippen LogP contribution in [-0.4, -0.2) is 27.0 Å². The summed E-state index contributed by atoms with van der Waals surface area (Å²) in [5.41, 5.74) is 6.27. The second-order valence-electron chi connectivity index (χ2n) is 3.91. The molecule has 0 saturated carbocycles. The van der Waals surface area contributed by atoms with E-state index in [2.05, 4.69) is 0 Å². The van der Waals surface area contributed by atoms with Crippen molar-refractivity contribution in [3.8, 4) is 5.75 Å². The van der Waals surface area contributed by atoms with Crippen LogP contribution in [0.2, 0.25) is 10.0 Å². The monoisotopic (exact) mass is 311 g/mol. The van der Waals surface area contributed by atoms with E-state index in [9.17, 15) is 8.42 Å². The summed E-state index contributed by atoms with van der Waals surface area (Å²) in [5.74, 6) is 0.549. The van der Waals surface area contributed by atoms with Crippen LogP contribution in [0, 0.1) is 0 Å². The quantitative estimate of drug-likeness (QED) is 0.818. The molecule has 0 atom stereocenters. The minimum absolute atomic E-state index is 0.0795. The SMILES string of the molecule is CS(=O)(=O)CCCOc1c(Cl)cc(Cl)cc1CN. The van der Waals surface area contributed by atoms with Crippen molar-refractivity contribution in [2.45, 2.75) is 13.0 Å². The topological polar surface area (TPSA) is 69.4 Å². The molecule has 0 aliphatic rings. The third kappa shape index (κ3) is 5.02. The van der Waals surface area contributed by atoms with E-state index >= 15 is 0 Å². The van der Waals surface area contributed by atoms with Crippen LogP contribution in [0.4, 0.5) is 0 Å². The van der Waals surface area contributed by atoms with Gasteiger partial charge in [0.15, 0.2) is 0 Å². The first kappa shape index (κ1) is 15.6. The maximum atomic E-state index is 11.0. The van der Waals surface area contributed by atoms with Gasteiger partial charge in [-0.05, 0) is 18.6 Å². The first-order valence-corrected chi connectivity index (χ1v) is 8.13. The van der Waals surface area contributed by atoms with Gasteiger partial charge < -0.3 is 10.5 Å². The van der Waals surface area contributed by atoms with Gasteiger partial charge in [-0.2, -0.15) is 0 Å². The number of hydrogen-bond acceptors (Lipinski definition) is 4. The van der Waals surface area contributed by atoms with E-state index in [0.717, 1.165) is 0 Å². The Labute approximate surface area is 117 Å². The van der Waals surface area contributed by atoms with Gasteiger partial charge in [0.25, 0.3) is 0 Å². The van der Waals surface area contributed by atoms with Gasteiger partial charge in [0.1, 0.15) is 15.6 Å². The minimum atomic E-state index is -2.97. The summed E-state index contributed by atoms with van der Waals surface area (Å²) >= 11 is 11.8. The third-order valence-electron chi connectivity index (χ3n) is 2.21. The normalized spacial score (nSPS) is 11.6. The van der Waals surface area contributed by atoms with Crippen LogP contribution < -0.4 is 10.5 Å². The van der Waals surface area contributed by atoms with Gasteiger partial charge in [-0.3, -0.25) is 0 Å². The van der Waals surface area contributed by atoms with Gasteiger partial charge in [0, 0.05) is 23.4 Å². The molecule has 0 heterocycles. The zero-order chi connectivity index (χ0) is 13.8. The fourth-order valence-electron chi connectivity index (χ4n) is 1.42. The van der Waals surface area contributed by atoms with E-state index in [1.807, 2.05) is 0 Å². The molecule has 18 heavy (non-hydrogen) atoms. The Morgan fingerprint density at radius 2 is 2.00 bits per heavy atom. The van der Waals surface area contributed by atoms with Crippen molar-refractivity contribution in [2.24, 2.45) is 5.73 Å². The van der Waals surface area contributed by atoms with E-state index in [1.165, 1.54) is 6.26 Å². The second-order valence-corrected chi connectivity index (χ2v) is 7.02. The van der Waals surface area contributed by atoms with Crippen molar-refractivity contribution in [3.05, 3.63) is 27.7 Å². The Bertz CT molecular complexity index is 517. The molecular formula is C11H15Cl2NO3S. The molecule has 4 nitrogen and oxygen atoms in total. The lowest BCUT2D eigenvalue weighted by atomic mass is 10.2. The zero-order valence-electron chi connectivity index (χ0n) is 9.95. The van der Waals surface area contributed by atoms with Gasteiger partial charge in [0.2, 0.25) is 0 Å². The standard InChI is InChI=1S/C11H15Cl2NO3S/c1-18(15,16)4-2-3-17-11-8(7-14)5-9(12)6-10(11)13/h5-6H,2-4,7,14H2,1H3. The van der Waals surface area contributed by atoms with E-state index in [4.69, 9.17) is 33.7 Å². The van der Waals surface area contributed by atoms with Crippen LogP contribution in [0.1, 0.15) is 12.0 Å². The maximum absolute atomic E-state index is 11.0. The smallest absolute Gasteiger partial charge is 0.147 e. The molecule has 1 rings (SSSR count). The van der Waals surface area contributed by atoms with Gasteiger partial charge in [-0.15, -0.1) is 0 Å². The number of rotatable bonds is 6. The highest BCUT2D eigenvalue weighted by molar-refractivity contribution is 7.90. The van der Waals surface area contributed by atoms with Crippen LogP contribution in [0.25, 0.3) is 0 Å². The van der Waals surface area contributed by atoms with Crippen molar-refractivity contribution in [1.29, 1.82) is 0 Å². The molecule has 0 aliphatic heterocycles. The lowest BCUT2D eigenvalue weighted by Crippen LogP contribution is -2.09. The number of nitrogens with two attached hydrogens (primary N) is 1. The Kier molecular flexibility index (Phi) is 5.72. The van der Waals surface area contributed by atoms with Gasteiger partial charge in [-0.1, -0.05) is 23.2 Å². The third-order valence-corrected chi connectivity index (χ3v) is 3.74. The summed E-state index contributed by atoms with van der Waals surface area (Å²) in [6.07, 6.45) is 1.59. The van der Waals surface area contributed by atoms with Crippen LogP contribution in [-0.2, 0) is 16.4 Å². The van der Waals surface area contributed by atoms with Crippen LogP contribution in [0.5, 0.6) is 5.75 Å². The van der Waals surface area contributed by atoms with E-state index < -0.39 is 9.84 Å². The molecule has 0 unspecified atom stereocenters. The Hall–Kier alpha value is -0.490. The largest absolute Gasteiger partial charge is 0.492 e. The molecule has 1 aromatic rings. The highest BCUT2D eigenvalue weighted by atomic mass is 35.5. The first-order chi connectivity index (χ1) is 8.33. The van der Waals surface area contributed by atoms with Crippen molar-refractivity contribution in [3.63, 3.8) is 0 Å². The zero-order valence-corrected chi connectivity index (χ0v) is 12.3. The number of sulfone groups is 1. The molecule has 0 radical (unpaired) electrons. The summed E-state index contributed by atoms with van der Waals surface area (Å²) in [5, 5.41) is 0.867. The molecule has 0 amide bonds. The molecule has 0 aromatic heterocycles. The Morgan fingerprint density at radius 3 is 2.56 bits per heavy atom.